The molecule has 4 aliphatic carbocycles. The van der Waals surface area contributed by atoms with Crippen LogP contribution in [0.25, 0.3) is 0 Å². The van der Waals surface area contributed by atoms with Crippen molar-refractivity contribution in [2.24, 2.45) is 52.3 Å². The molecule has 0 unspecified atom stereocenters. The Morgan fingerprint density at radius 3 is 2.33 bits per heavy atom. The van der Waals surface area contributed by atoms with Gasteiger partial charge >= 0.3 is 0 Å². The standard InChI is InChI=1S/C26H46O6S/c1-5-17-20-13-16(27)10-11-25(20,3)21-14-22(28)26(4)18(8-9-19(26)23(21)24(17)29)15(2)7-6-12-33(30,31)32/h15-24,27-29H,5-14H2,1-4H3,(H,30,31,32)/t15-,16-,17-,18-,19+,20+,21+,22+,23+,24-,25+,26-/m1/s1. The number of hydrogen-bond donors (Lipinski definition) is 4. The molecule has 4 fully saturated rings. The van der Waals surface area contributed by atoms with E-state index in [1.807, 2.05) is 0 Å². The second-order valence-corrected chi connectivity index (χ2v) is 14.2. The molecule has 0 aliphatic heterocycles. The van der Waals surface area contributed by atoms with Crippen LogP contribution in [0.3, 0.4) is 0 Å². The predicted octanol–water partition coefficient (Wildman–Crippen LogP) is 3.89. The summed E-state index contributed by atoms with van der Waals surface area (Å²) >= 11 is 0. The van der Waals surface area contributed by atoms with Crippen LogP contribution in [-0.4, -0.2) is 52.4 Å². The lowest BCUT2D eigenvalue weighted by Gasteiger charge is -2.65. The Balaban J connectivity index is 1.61. The van der Waals surface area contributed by atoms with Crippen molar-refractivity contribution in [3.05, 3.63) is 0 Å². The summed E-state index contributed by atoms with van der Waals surface area (Å²) in [6.07, 6.45) is 6.21. The maximum absolute atomic E-state index is 11.7. The zero-order chi connectivity index (χ0) is 24.3. The van der Waals surface area contributed by atoms with Crippen molar-refractivity contribution in [2.45, 2.75) is 104 Å². The number of fused-ring (bicyclic) bond motifs is 5. The molecule has 4 rings (SSSR count). The van der Waals surface area contributed by atoms with Gasteiger partial charge in [-0.15, -0.1) is 0 Å². The van der Waals surface area contributed by atoms with Gasteiger partial charge in [0, 0.05) is 0 Å². The molecule has 0 bridgehead atoms. The van der Waals surface area contributed by atoms with Gasteiger partial charge in [0.05, 0.1) is 24.1 Å². The van der Waals surface area contributed by atoms with E-state index >= 15 is 0 Å². The molecule has 192 valence electrons. The highest BCUT2D eigenvalue weighted by molar-refractivity contribution is 7.85. The summed E-state index contributed by atoms with van der Waals surface area (Å²) in [5.41, 5.74) is -0.235. The van der Waals surface area contributed by atoms with Crippen molar-refractivity contribution < 1.29 is 28.3 Å². The first kappa shape index (κ1) is 25.9. The highest BCUT2D eigenvalue weighted by atomic mass is 32.2. The molecule has 0 saturated heterocycles. The summed E-state index contributed by atoms with van der Waals surface area (Å²) in [6.45, 7) is 8.92. The Hall–Kier alpha value is -0.210. The molecule has 0 aromatic heterocycles. The van der Waals surface area contributed by atoms with Crippen LogP contribution < -0.4 is 0 Å². The maximum atomic E-state index is 11.7. The molecule has 0 aromatic rings. The third kappa shape index (κ3) is 4.22. The molecule has 6 nitrogen and oxygen atoms in total. The molecule has 4 N–H and O–H groups in total. The second-order valence-electron chi connectivity index (χ2n) is 12.6. The molecule has 0 aromatic carbocycles. The van der Waals surface area contributed by atoms with Crippen molar-refractivity contribution >= 4 is 10.1 Å². The normalized spacial score (nSPS) is 50.8. The van der Waals surface area contributed by atoms with Gasteiger partial charge in [0.2, 0.25) is 0 Å². The van der Waals surface area contributed by atoms with Crippen molar-refractivity contribution in [1.29, 1.82) is 0 Å². The zero-order valence-electron chi connectivity index (χ0n) is 20.9. The minimum absolute atomic E-state index is 0.0469. The fourth-order valence-electron chi connectivity index (χ4n) is 9.68. The van der Waals surface area contributed by atoms with E-state index in [2.05, 4.69) is 27.7 Å². The first-order chi connectivity index (χ1) is 15.3. The first-order valence-corrected chi connectivity index (χ1v) is 14.9. The second kappa shape index (κ2) is 9.02. The van der Waals surface area contributed by atoms with E-state index in [9.17, 15) is 23.7 Å². The lowest BCUT2D eigenvalue weighted by atomic mass is 9.41. The molecule has 4 saturated carbocycles. The maximum Gasteiger partial charge on any atom is 0.264 e. The zero-order valence-corrected chi connectivity index (χ0v) is 21.7. The minimum atomic E-state index is -3.95. The molecule has 0 amide bonds. The van der Waals surface area contributed by atoms with Gasteiger partial charge in [-0.2, -0.15) is 8.42 Å². The van der Waals surface area contributed by atoms with Crippen LogP contribution in [0.2, 0.25) is 0 Å². The van der Waals surface area contributed by atoms with Gasteiger partial charge in [0.25, 0.3) is 10.1 Å². The summed E-state index contributed by atoms with van der Waals surface area (Å²) < 4.78 is 31.4. The van der Waals surface area contributed by atoms with Crippen molar-refractivity contribution in [1.82, 2.24) is 0 Å². The Bertz CT molecular complexity index is 816. The topological polar surface area (TPSA) is 115 Å². The molecule has 4 aliphatic rings. The van der Waals surface area contributed by atoms with Crippen LogP contribution in [0, 0.1) is 52.3 Å². The highest BCUT2D eigenvalue weighted by Gasteiger charge is 2.67. The number of aliphatic hydroxyl groups excluding tert-OH is 3. The average Bonchev–Trinajstić information content (AvgIpc) is 3.08. The van der Waals surface area contributed by atoms with Crippen LogP contribution in [0.15, 0.2) is 0 Å². The van der Waals surface area contributed by atoms with Gasteiger partial charge in [0.15, 0.2) is 0 Å². The smallest absolute Gasteiger partial charge is 0.264 e. The van der Waals surface area contributed by atoms with E-state index in [4.69, 9.17) is 4.55 Å². The summed E-state index contributed by atoms with van der Waals surface area (Å²) in [4.78, 5) is 0. The monoisotopic (exact) mass is 486 g/mol. The minimum Gasteiger partial charge on any atom is -0.393 e. The van der Waals surface area contributed by atoms with E-state index < -0.39 is 22.3 Å². The molecule has 7 heteroatoms. The molecule has 12 atom stereocenters. The van der Waals surface area contributed by atoms with Gasteiger partial charge in [-0.3, -0.25) is 4.55 Å². The van der Waals surface area contributed by atoms with Crippen LogP contribution in [-0.2, 0) is 10.1 Å². The summed E-state index contributed by atoms with van der Waals surface area (Å²) in [7, 11) is -3.95. The van der Waals surface area contributed by atoms with Crippen LogP contribution in [0.5, 0.6) is 0 Å². The molecule has 33 heavy (non-hydrogen) atoms. The van der Waals surface area contributed by atoms with E-state index in [-0.39, 0.29) is 58.2 Å². The van der Waals surface area contributed by atoms with Gasteiger partial charge in [0.1, 0.15) is 0 Å². The van der Waals surface area contributed by atoms with Crippen molar-refractivity contribution in [3.8, 4) is 0 Å². The predicted molar refractivity (Wildman–Crippen MR) is 128 cm³/mol. The van der Waals surface area contributed by atoms with Crippen LogP contribution in [0.4, 0.5) is 0 Å². The van der Waals surface area contributed by atoms with Crippen molar-refractivity contribution in [3.63, 3.8) is 0 Å². The average molecular weight is 487 g/mol. The first-order valence-electron chi connectivity index (χ1n) is 13.3. The third-order valence-corrected chi connectivity index (χ3v) is 12.1. The van der Waals surface area contributed by atoms with Crippen molar-refractivity contribution in [2.75, 3.05) is 5.75 Å². The summed E-state index contributed by atoms with van der Waals surface area (Å²) in [6, 6.07) is 0. The Morgan fingerprint density at radius 2 is 1.70 bits per heavy atom. The SMILES string of the molecule is CC[C@H]1[C@@H](O)[C@@H]2[C@H](C[C@H](O)[C@]3(C)[C@@H]([C@H](C)CCCS(=O)(=O)O)CC[C@@H]23)[C@@]2(C)CC[C@@H](O)C[C@@H]12. The van der Waals surface area contributed by atoms with Crippen LogP contribution in [0.1, 0.15) is 85.5 Å². The number of rotatable bonds is 6. The summed E-state index contributed by atoms with van der Waals surface area (Å²) in [5.74, 6) is 1.53. The highest BCUT2D eigenvalue weighted by Crippen LogP contribution is 2.69. The van der Waals surface area contributed by atoms with E-state index in [1.54, 1.807) is 0 Å². The molecule has 0 spiro atoms. The van der Waals surface area contributed by atoms with E-state index in [0.29, 0.717) is 25.2 Å². The number of hydrogen-bond acceptors (Lipinski definition) is 5. The Kier molecular flexibility index (Phi) is 7.07. The fraction of sp³-hybridized carbons (Fsp3) is 1.00. The van der Waals surface area contributed by atoms with Gasteiger partial charge in [-0.1, -0.05) is 34.1 Å². The van der Waals surface area contributed by atoms with Gasteiger partial charge < -0.3 is 15.3 Å². The van der Waals surface area contributed by atoms with E-state index in [1.165, 1.54) is 0 Å². The number of aliphatic hydroxyl groups is 3. The lowest BCUT2D eigenvalue weighted by molar-refractivity contribution is -0.228. The molecule has 0 heterocycles. The molecule has 0 radical (unpaired) electrons. The lowest BCUT2D eigenvalue weighted by Crippen LogP contribution is -2.65. The third-order valence-electron chi connectivity index (χ3n) is 11.3. The summed E-state index contributed by atoms with van der Waals surface area (Å²) in [5, 5.41) is 33.8. The van der Waals surface area contributed by atoms with Gasteiger partial charge in [-0.05, 0) is 104 Å². The Morgan fingerprint density at radius 1 is 1.00 bits per heavy atom. The molecular weight excluding hydrogens is 440 g/mol. The fourth-order valence-corrected chi connectivity index (χ4v) is 10.2. The largest absolute Gasteiger partial charge is 0.393 e. The molecular formula is C26H46O6S. The van der Waals surface area contributed by atoms with E-state index in [0.717, 1.165) is 38.5 Å². The van der Waals surface area contributed by atoms with Gasteiger partial charge in [-0.25, -0.2) is 0 Å². The Labute approximate surface area is 200 Å². The van der Waals surface area contributed by atoms with Crippen LogP contribution >= 0.6 is 0 Å². The quantitative estimate of drug-likeness (QED) is 0.424.